The van der Waals surface area contributed by atoms with Crippen LogP contribution in [0.1, 0.15) is 20.8 Å². The Morgan fingerprint density at radius 2 is 2.10 bits per heavy atom. The predicted molar refractivity (Wildman–Crippen MR) is 53.7 cm³/mol. The molecule has 0 unspecified atom stereocenters. The molecule has 0 aromatic carbocycles. The van der Waals surface area contributed by atoms with Crippen LogP contribution in [-0.2, 0) is 0 Å². The van der Waals surface area contributed by atoms with Gasteiger partial charge >= 0.3 is 0 Å². The summed E-state index contributed by atoms with van der Waals surface area (Å²) in [5, 5.41) is 4.04. The van der Waals surface area contributed by atoms with Gasteiger partial charge in [0.1, 0.15) is 0 Å². The van der Waals surface area contributed by atoms with E-state index in [9.17, 15) is 0 Å². The maximum absolute atomic E-state index is 3.29. The topological polar surface area (TPSA) is 12.0 Å². The summed E-state index contributed by atoms with van der Waals surface area (Å²) in [7, 11) is 3.91. The van der Waals surface area contributed by atoms with Crippen molar-refractivity contribution < 1.29 is 0 Å². The van der Waals surface area contributed by atoms with Crippen LogP contribution in [0, 0.1) is 0 Å². The molecule has 0 saturated carbocycles. The Kier molecular flexibility index (Phi) is 8.28. The normalized spacial score (nSPS) is 10.8. The molecule has 1 nitrogen and oxygen atoms in total. The summed E-state index contributed by atoms with van der Waals surface area (Å²) in [6.45, 7) is 8.82. The van der Waals surface area contributed by atoms with Gasteiger partial charge in [-0.1, -0.05) is 42.4 Å². The minimum atomic E-state index is 0.756. The van der Waals surface area contributed by atoms with Gasteiger partial charge in [0.2, 0.25) is 0 Å². The van der Waals surface area contributed by atoms with E-state index in [1.165, 1.54) is 5.75 Å². The zero-order valence-corrected chi connectivity index (χ0v) is 8.65. The van der Waals surface area contributed by atoms with Gasteiger partial charge in [-0.05, 0) is 6.54 Å². The quantitative estimate of drug-likeness (QED) is 0.497. The smallest absolute Gasteiger partial charge is 0.0162 e. The molecule has 0 rings (SSSR count). The fraction of sp³-hybridized carbons (Fsp3) is 1.00. The highest BCUT2D eigenvalue weighted by molar-refractivity contribution is 8.76. The summed E-state index contributed by atoms with van der Waals surface area (Å²) in [4.78, 5) is 0. The molecular formula is C7H17NS2. The Labute approximate surface area is 72.1 Å². The molecule has 0 radical (unpaired) electrons. The van der Waals surface area contributed by atoms with E-state index in [0.29, 0.717) is 0 Å². The fourth-order valence-electron chi connectivity index (χ4n) is 0.475. The minimum Gasteiger partial charge on any atom is -0.316 e. The first-order valence-corrected chi connectivity index (χ1v) is 6.14. The van der Waals surface area contributed by atoms with E-state index in [4.69, 9.17) is 0 Å². The molecule has 0 aromatic heterocycles. The third-order valence-corrected chi connectivity index (χ3v) is 3.83. The van der Waals surface area contributed by atoms with Crippen molar-refractivity contribution in [2.75, 3.05) is 18.8 Å². The van der Waals surface area contributed by atoms with Crippen LogP contribution in [0.5, 0.6) is 0 Å². The summed E-state index contributed by atoms with van der Waals surface area (Å²) in [6, 6.07) is 0. The van der Waals surface area contributed by atoms with Crippen molar-refractivity contribution in [1.29, 1.82) is 0 Å². The lowest BCUT2D eigenvalue weighted by Crippen LogP contribution is -2.15. The minimum absolute atomic E-state index is 0.756. The van der Waals surface area contributed by atoms with E-state index in [2.05, 4.69) is 26.1 Å². The molecule has 0 aliphatic carbocycles. The summed E-state index contributed by atoms with van der Waals surface area (Å²) < 4.78 is 0. The molecule has 0 aliphatic heterocycles. The van der Waals surface area contributed by atoms with Gasteiger partial charge in [0.25, 0.3) is 0 Å². The SMILES string of the molecule is CCNCCSSC(C)C. The summed E-state index contributed by atoms with van der Waals surface area (Å²) >= 11 is 0. The summed E-state index contributed by atoms with van der Waals surface area (Å²) in [6.07, 6.45) is 0. The Balaban J connectivity index is 2.77. The molecule has 0 aliphatic rings. The molecule has 0 bridgehead atoms. The van der Waals surface area contributed by atoms with Crippen LogP contribution in [-0.4, -0.2) is 24.1 Å². The summed E-state index contributed by atoms with van der Waals surface area (Å²) in [5.74, 6) is 1.22. The maximum Gasteiger partial charge on any atom is 0.0162 e. The molecule has 1 N–H and O–H groups in total. The second-order valence-electron chi connectivity index (χ2n) is 2.32. The largest absolute Gasteiger partial charge is 0.316 e. The van der Waals surface area contributed by atoms with Crippen molar-refractivity contribution >= 4 is 21.6 Å². The van der Waals surface area contributed by atoms with Crippen molar-refractivity contribution in [2.45, 2.75) is 26.0 Å². The number of hydrogen-bond donors (Lipinski definition) is 1. The Hall–Kier alpha value is 0.660. The Bertz CT molecular complexity index is 66.6. The van der Waals surface area contributed by atoms with E-state index in [0.717, 1.165) is 18.3 Å². The zero-order valence-electron chi connectivity index (χ0n) is 7.02. The highest BCUT2D eigenvalue weighted by atomic mass is 33.1. The average Bonchev–Trinajstić information content (AvgIpc) is 1.87. The third kappa shape index (κ3) is 8.66. The lowest BCUT2D eigenvalue weighted by molar-refractivity contribution is 0.769. The molecule has 62 valence electrons. The van der Waals surface area contributed by atoms with Gasteiger partial charge in [-0.3, -0.25) is 0 Å². The van der Waals surface area contributed by atoms with Crippen LogP contribution in [0.4, 0.5) is 0 Å². The van der Waals surface area contributed by atoms with Crippen LogP contribution in [0.25, 0.3) is 0 Å². The molecule has 0 atom stereocenters. The highest BCUT2D eigenvalue weighted by Gasteiger charge is 1.93. The molecule has 0 spiro atoms. The third-order valence-electron chi connectivity index (χ3n) is 0.873. The molecule has 10 heavy (non-hydrogen) atoms. The van der Waals surface area contributed by atoms with Crippen LogP contribution in [0.3, 0.4) is 0 Å². The molecule has 0 aromatic rings. The van der Waals surface area contributed by atoms with E-state index >= 15 is 0 Å². The molecule has 0 heterocycles. The standard InChI is InChI=1S/C7H17NS2/c1-4-8-5-6-9-10-7(2)3/h7-8H,4-6H2,1-3H3. The highest BCUT2D eigenvalue weighted by Crippen LogP contribution is 2.25. The van der Waals surface area contributed by atoms with Gasteiger partial charge in [-0.25, -0.2) is 0 Å². The monoisotopic (exact) mass is 179 g/mol. The second kappa shape index (κ2) is 7.76. The van der Waals surface area contributed by atoms with Gasteiger partial charge in [0.05, 0.1) is 0 Å². The van der Waals surface area contributed by atoms with Crippen molar-refractivity contribution in [1.82, 2.24) is 5.32 Å². The molecule has 3 heteroatoms. The van der Waals surface area contributed by atoms with E-state index < -0.39 is 0 Å². The van der Waals surface area contributed by atoms with E-state index in [1.54, 1.807) is 0 Å². The van der Waals surface area contributed by atoms with Gasteiger partial charge in [0, 0.05) is 17.5 Å². The molecule has 0 amide bonds. The van der Waals surface area contributed by atoms with Crippen LogP contribution in [0.15, 0.2) is 0 Å². The number of hydrogen-bond acceptors (Lipinski definition) is 3. The van der Waals surface area contributed by atoms with E-state index in [1.807, 2.05) is 21.6 Å². The van der Waals surface area contributed by atoms with Crippen molar-refractivity contribution in [3.63, 3.8) is 0 Å². The molecule has 0 saturated heterocycles. The van der Waals surface area contributed by atoms with E-state index in [-0.39, 0.29) is 0 Å². The van der Waals surface area contributed by atoms with Gasteiger partial charge < -0.3 is 5.32 Å². The average molecular weight is 179 g/mol. The first-order valence-electron chi connectivity index (χ1n) is 3.76. The molecule has 0 fully saturated rings. The van der Waals surface area contributed by atoms with Gasteiger partial charge in [-0.15, -0.1) is 0 Å². The lowest BCUT2D eigenvalue weighted by atomic mass is 10.6. The van der Waals surface area contributed by atoms with Crippen molar-refractivity contribution in [3.05, 3.63) is 0 Å². The predicted octanol–water partition coefficient (Wildman–Crippen LogP) is 2.39. The Morgan fingerprint density at radius 1 is 1.40 bits per heavy atom. The number of rotatable bonds is 6. The van der Waals surface area contributed by atoms with Crippen LogP contribution in [0.2, 0.25) is 0 Å². The summed E-state index contributed by atoms with van der Waals surface area (Å²) in [5.41, 5.74) is 0. The van der Waals surface area contributed by atoms with Crippen molar-refractivity contribution in [3.8, 4) is 0 Å². The second-order valence-corrected chi connectivity index (χ2v) is 5.38. The lowest BCUT2D eigenvalue weighted by Gasteiger charge is -2.03. The molecular weight excluding hydrogens is 162 g/mol. The van der Waals surface area contributed by atoms with Crippen LogP contribution < -0.4 is 5.32 Å². The number of nitrogens with one attached hydrogen (secondary N) is 1. The van der Waals surface area contributed by atoms with Gasteiger partial charge in [0.15, 0.2) is 0 Å². The first kappa shape index (κ1) is 10.7. The fourth-order valence-corrected chi connectivity index (χ4v) is 2.43. The zero-order chi connectivity index (χ0) is 7.82. The van der Waals surface area contributed by atoms with Crippen molar-refractivity contribution in [2.24, 2.45) is 0 Å². The van der Waals surface area contributed by atoms with Crippen LogP contribution >= 0.6 is 21.6 Å². The first-order chi connectivity index (χ1) is 4.77. The maximum atomic E-state index is 3.29. The Morgan fingerprint density at radius 3 is 2.60 bits per heavy atom. The van der Waals surface area contributed by atoms with Gasteiger partial charge in [-0.2, -0.15) is 0 Å².